The lowest BCUT2D eigenvalue weighted by atomic mass is 10.1. The molecule has 72 valence electrons. The van der Waals surface area contributed by atoms with E-state index in [1.807, 2.05) is 0 Å². The molecular weight excluding hydrogens is 171 g/mol. The molecule has 12 heavy (non-hydrogen) atoms. The van der Waals surface area contributed by atoms with Crippen LogP contribution in [-0.2, 0) is 4.74 Å². The van der Waals surface area contributed by atoms with Crippen molar-refractivity contribution in [1.82, 2.24) is 0 Å². The molecule has 0 aromatic heterocycles. The van der Waals surface area contributed by atoms with E-state index in [2.05, 4.69) is 4.74 Å². The van der Waals surface area contributed by atoms with Crippen molar-refractivity contribution in [2.45, 2.75) is 30.7 Å². The highest BCUT2D eigenvalue weighted by molar-refractivity contribution is 4.89. The Bertz CT molecular complexity index is 155. The summed E-state index contributed by atoms with van der Waals surface area (Å²) in [6, 6.07) is 0. The molecule has 0 saturated carbocycles. The van der Waals surface area contributed by atoms with Crippen LogP contribution in [0.1, 0.15) is 0 Å². The third-order valence-corrected chi connectivity index (χ3v) is 1.81. The molecule has 1 aliphatic rings. The molecule has 0 spiro atoms. The van der Waals surface area contributed by atoms with Crippen LogP contribution in [0.25, 0.3) is 0 Å². The van der Waals surface area contributed by atoms with Gasteiger partial charge < -0.3 is 25.2 Å². The first kappa shape index (κ1) is 9.82. The normalized spacial score (nSPS) is 44.8. The maximum absolute atomic E-state index is 11.9. The van der Waals surface area contributed by atoms with Crippen molar-refractivity contribution in [3.63, 3.8) is 0 Å². The van der Waals surface area contributed by atoms with E-state index in [1.54, 1.807) is 0 Å². The van der Waals surface area contributed by atoms with Crippen LogP contribution in [0.4, 0.5) is 4.39 Å². The van der Waals surface area contributed by atoms with Crippen LogP contribution in [0.5, 0.6) is 0 Å². The Morgan fingerprint density at radius 3 is 2.17 bits per heavy atom. The molecule has 1 rings (SSSR count). The molecule has 1 heterocycles. The summed E-state index contributed by atoms with van der Waals surface area (Å²) in [5.74, 6) is 0. The predicted octanol–water partition coefficient (Wildman–Crippen LogP) is -2.24. The standard InChI is InChI=1S/C6H11FO5/c7-1-2(8)5-3(9)4(10)6(11)12-5/h2-6,8-11H,1H2/t2-,3-,4-,5-,6-/m1/s1. The molecule has 0 amide bonds. The van der Waals surface area contributed by atoms with E-state index in [0.29, 0.717) is 0 Å². The maximum atomic E-state index is 11.9. The fraction of sp³-hybridized carbons (Fsp3) is 1.00. The number of aliphatic hydroxyl groups excluding tert-OH is 4. The van der Waals surface area contributed by atoms with Gasteiger partial charge in [0.25, 0.3) is 0 Å². The molecule has 4 N–H and O–H groups in total. The van der Waals surface area contributed by atoms with Crippen LogP contribution in [0.3, 0.4) is 0 Å². The summed E-state index contributed by atoms with van der Waals surface area (Å²) in [6.07, 6.45) is -7.29. The largest absolute Gasteiger partial charge is 0.388 e. The number of hydrogen-bond acceptors (Lipinski definition) is 5. The van der Waals surface area contributed by atoms with Gasteiger partial charge in [0.15, 0.2) is 6.29 Å². The topological polar surface area (TPSA) is 90.2 Å². The summed E-state index contributed by atoms with van der Waals surface area (Å²) < 4.78 is 16.4. The van der Waals surface area contributed by atoms with Gasteiger partial charge in [0.05, 0.1) is 0 Å². The Kier molecular flexibility index (Phi) is 2.97. The smallest absolute Gasteiger partial charge is 0.184 e. The highest BCUT2D eigenvalue weighted by Gasteiger charge is 2.45. The Morgan fingerprint density at radius 2 is 1.83 bits per heavy atom. The number of ether oxygens (including phenoxy) is 1. The number of halogens is 1. The van der Waals surface area contributed by atoms with E-state index in [1.165, 1.54) is 0 Å². The van der Waals surface area contributed by atoms with Gasteiger partial charge in [-0.3, -0.25) is 0 Å². The first-order chi connectivity index (χ1) is 5.57. The molecule has 0 aliphatic carbocycles. The summed E-state index contributed by atoms with van der Waals surface area (Å²) in [6.45, 7) is -1.10. The lowest BCUT2D eigenvalue weighted by Gasteiger charge is -2.17. The SMILES string of the molecule is O[C@@H]1[C@@H](O)[C@H](O)O[C@@H]1[C@H](O)CF. The lowest BCUT2D eigenvalue weighted by Crippen LogP contribution is -2.39. The fourth-order valence-corrected chi connectivity index (χ4v) is 1.09. The van der Waals surface area contributed by atoms with E-state index in [4.69, 9.17) is 20.4 Å². The molecule has 1 saturated heterocycles. The van der Waals surface area contributed by atoms with E-state index < -0.39 is 37.4 Å². The van der Waals surface area contributed by atoms with Crippen LogP contribution >= 0.6 is 0 Å². The summed E-state index contributed by atoms with van der Waals surface area (Å²) in [7, 11) is 0. The van der Waals surface area contributed by atoms with Gasteiger partial charge in [-0.1, -0.05) is 0 Å². The fourth-order valence-electron chi connectivity index (χ4n) is 1.09. The van der Waals surface area contributed by atoms with E-state index in [-0.39, 0.29) is 0 Å². The second-order valence-electron chi connectivity index (χ2n) is 2.69. The second kappa shape index (κ2) is 3.63. The molecule has 0 aromatic carbocycles. The van der Waals surface area contributed by atoms with Gasteiger partial charge in [-0.05, 0) is 0 Å². The van der Waals surface area contributed by atoms with Crippen LogP contribution in [0, 0.1) is 0 Å². The predicted molar refractivity (Wildman–Crippen MR) is 34.9 cm³/mol. The Hall–Kier alpha value is -0.270. The molecular formula is C6H11FO5. The monoisotopic (exact) mass is 182 g/mol. The number of hydrogen-bond donors (Lipinski definition) is 4. The number of alkyl halides is 1. The van der Waals surface area contributed by atoms with Crippen molar-refractivity contribution in [1.29, 1.82) is 0 Å². The minimum absolute atomic E-state index is 1.10. The van der Waals surface area contributed by atoms with Crippen molar-refractivity contribution >= 4 is 0 Å². The second-order valence-corrected chi connectivity index (χ2v) is 2.69. The first-order valence-corrected chi connectivity index (χ1v) is 3.51. The van der Waals surface area contributed by atoms with Gasteiger partial charge in [-0.15, -0.1) is 0 Å². The highest BCUT2D eigenvalue weighted by Crippen LogP contribution is 2.22. The highest BCUT2D eigenvalue weighted by atomic mass is 19.1. The summed E-state index contributed by atoms with van der Waals surface area (Å²) >= 11 is 0. The molecule has 6 heteroatoms. The lowest BCUT2D eigenvalue weighted by molar-refractivity contribution is -0.147. The molecule has 0 bridgehead atoms. The van der Waals surface area contributed by atoms with Crippen LogP contribution < -0.4 is 0 Å². The number of aliphatic hydroxyl groups is 4. The molecule has 0 radical (unpaired) electrons. The van der Waals surface area contributed by atoms with Crippen LogP contribution in [0.2, 0.25) is 0 Å². The van der Waals surface area contributed by atoms with Crippen molar-refractivity contribution in [3.8, 4) is 0 Å². The average molecular weight is 182 g/mol. The average Bonchev–Trinajstić information content (AvgIpc) is 2.32. The third-order valence-electron chi connectivity index (χ3n) is 1.81. The summed E-state index contributed by atoms with van der Waals surface area (Å²) in [4.78, 5) is 0. The van der Waals surface area contributed by atoms with Crippen LogP contribution in [0.15, 0.2) is 0 Å². The third kappa shape index (κ3) is 1.57. The Morgan fingerprint density at radius 1 is 1.25 bits per heavy atom. The van der Waals surface area contributed by atoms with Crippen molar-refractivity contribution in [2.24, 2.45) is 0 Å². The van der Waals surface area contributed by atoms with Gasteiger partial charge in [0, 0.05) is 0 Å². The van der Waals surface area contributed by atoms with Gasteiger partial charge in [-0.2, -0.15) is 0 Å². The van der Waals surface area contributed by atoms with Crippen molar-refractivity contribution in [2.75, 3.05) is 6.67 Å². The van der Waals surface area contributed by atoms with Gasteiger partial charge >= 0.3 is 0 Å². The minimum Gasteiger partial charge on any atom is -0.388 e. The zero-order valence-electron chi connectivity index (χ0n) is 6.17. The molecule has 5 nitrogen and oxygen atoms in total. The Balaban J connectivity index is 2.58. The van der Waals surface area contributed by atoms with Gasteiger partial charge in [0.1, 0.15) is 31.1 Å². The van der Waals surface area contributed by atoms with Gasteiger partial charge in [-0.25, -0.2) is 4.39 Å². The zero-order valence-corrected chi connectivity index (χ0v) is 6.17. The summed E-state index contributed by atoms with van der Waals surface area (Å²) in [5.41, 5.74) is 0. The minimum atomic E-state index is -1.56. The van der Waals surface area contributed by atoms with Crippen molar-refractivity contribution < 1.29 is 29.6 Å². The zero-order chi connectivity index (χ0) is 9.30. The van der Waals surface area contributed by atoms with E-state index >= 15 is 0 Å². The van der Waals surface area contributed by atoms with E-state index in [9.17, 15) is 4.39 Å². The molecule has 0 aromatic rings. The Labute approximate surface area is 68.0 Å². The summed E-state index contributed by atoms with van der Waals surface area (Å²) in [5, 5.41) is 35.7. The van der Waals surface area contributed by atoms with E-state index in [0.717, 1.165) is 0 Å². The first-order valence-electron chi connectivity index (χ1n) is 3.51. The quantitative estimate of drug-likeness (QED) is 0.387. The molecule has 1 aliphatic heterocycles. The van der Waals surface area contributed by atoms with Crippen molar-refractivity contribution in [3.05, 3.63) is 0 Å². The van der Waals surface area contributed by atoms with Crippen LogP contribution in [-0.4, -0.2) is 57.8 Å². The molecule has 0 unspecified atom stereocenters. The van der Waals surface area contributed by atoms with Gasteiger partial charge in [0.2, 0.25) is 0 Å². The molecule has 1 fully saturated rings. The molecule has 5 atom stereocenters. The maximum Gasteiger partial charge on any atom is 0.184 e. The number of rotatable bonds is 2.